The van der Waals surface area contributed by atoms with Crippen LogP contribution in [0, 0.1) is 10.1 Å². The van der Waals surface area contributed by atoms with E-state index < -0.39 is 17.7 Å². The summed E-state index contributed by atoms with van der Waals surface area (Å²) in [6.07, 6.45) is 0.194. The van der Waals surface area contributed by atoms with Gasteiger partial charge in [-0.25, -0.2) is 0 Å². The Labute approximate surface area is 175 Å². The summed E-state index contributed by atoms with van der Waals surface area (Å²) in [6, 6.07) is 23.7. The predicted octanol–water partition coefficient (Wildman–Crippen LogP) is 4.00. The number of rotatable bonds is 5. The van der Waals surface area contributed by atoms with Crippen LogP contribution in [0.15, 0.2) is 84.9 Å². The molecule has 0 bridgehead atoms. The summed E-state index contributed by atoms with van der Waals surface area (Å²) in [5.74, 6) is 0.671. The number of nitrogens with zero attached hydrogens (tertiary/aromatic N) is 1. The van der Waals surface area contributed by atoms with E-state index in [1.165, 1.54) is 0 Å². The SMILES string of the molecule is COc1ccc([C@H]2N[C@@H](c3ccccc3)C[C@@](O)(c3ccccc3)[C@@H]2[N+](=O)[O-])cc1. The van der Waals surface area contributed by atoms with Crippen molar-refractivity contribution in [3.8, 4) is 5.75 Å². The number of nitro groups is 1. The third kappa shape index (κ3) is 3.67. The molecule has 1 heterocycles. The Hall–Kier alpha value is -3.22. The highest BCUT2D eigenvalue weighted by Crippen LogP contribution is 2.46. The number of aliphatic hydroxyl groups is 1. The number of ether oxygens (including phenoxy) is 1. The van der Waals surface area contributed by atoms with E-state index in [2.05, 4.69) is 5.32 Å². The molecule has 1 saturated heterocycles. The summed E-state index contributed by atoms with van der Waals surface area (Å²) in [5, 5.41) is 27.5. The maximum atomic E-state index is 12.3. The molecule has 0 unspecified atom stereocenters. The minimum Gasteiger partial charge on any atom is -0.497 e. The fourth-order valence-electron chi connectivity index (χ4n) is 4.38. The van der Waals surface area contributed by atoms with Gasteiger partial charge in [-0.3, -0.25) is 15.4 Å². The molecule has 0 aromatic heterocycles. The summed E-state index contributed by atoms with van der Waals surface area (Å²) in [7, 11) is 1.58. The molecular weight excluding hydrogens is 380 g/mol. The fourth-order valence-corrected chi connectivity index (χ4v) is 4.38. The highest BCUT2D eigenvalue weighted by molar-refractivity contribution is 5.35. The number of hydrogen-bond acceptors (Lipinski definition) is 5. The number of benzene rings is 3. The lowest BCUT2D eigenvalue weighted by molar-refractivity contribution is -0.558. The predicted molar refractivity (Wildman–Crippen MR) is 114 cm³/mol. The lowest BCUT2D eigenvalue weighted by Gasteiger charge is -2.44. The summed E-state index contributed by atoms with van der Waals surface area (Å²) >= 11 is 0. The first-order valence-electron chi connectivity index (χ1n) is 9.89. The van der Waals surface area contributed by atoms with E-state index in [0.29, 0.717) is 11.3 Å². The van der Waals surface area contributed by atoms with Gasteiger partial charge in [-0.1, -0.05) is 72.8 Å². The maximum absolute atomic E-state index is 12.3. The molecule has 3 aromatic carbocycles. The van der Waals surface area contributed by atoms with Crippen molar-refractivity contribution in [3.63, 3.8) is 0 Å². The Balaban J connectivity index is 1.84. The zero-order chi connectivity index (χ0) is 21.1. The summed E-state index contributed by atoms with van der Waals surface area (Å²) in [4.78, 5) is 11.9. The van der Waals surface area contributed by atoms with Gasteiger partial charge in [0.15, 0.2) is 5.60 Å². The fraction of sp³-hybridized carbons (Fsp3) is 0.250. The van der Waals surface area contributed by atoms with Crippen molar-refractivity contribution in [2.24, 2.45) is 0 Å². The van der Waals surface area contributed by atoms with Gasteiger partial charge in [-0.15, -0.1) is 0 Å². The van der Waals surface area contributed by atoms with Crippen LogP contribution in [-0.2, 0) is 5.60 Å². The van der Waals surface area contributed by atoms with Crippen LogP contribution in [0.3, 0.4) is 0 Å². The van der Waals surface area contributed by atoms with Crippen LogP contribution in [0.1, 0.15) is 35.2 Å². The average Bonchev–Trinajstić information content (AvgIpc) is 2.79. The Morgan fingerprint density at radius 2 is 1.57 bits per heavy atom. The van der Waals surface area contributed by atoms with Crippen molar-refractivity contribution in [2.75, 3.05) is 7.11 Å². The summed E-state index contributed by atoms with van der Waals surface area (Å²) in [6.45, 7) is 0. The summed E-state index contributed by atoms with van der Waals surface area (Å²) < 4.78 is 5.23. The molecule has 6 nitrogen and oxygen atoms in total. The van der Waals surface area contributed by atoms with E-state index in [0.717, 1.165) is 11.1 Å². The molecule has 4 atom stereocenters. The molecule has 3 aromatic rings. The molecule has 0 saturated carbocycles. The average molecular weight is 404 g/mol. The van der Waals surface area contributed by atoms with Gasteiger partial charge in [-0.2, -0.15) is 0 Å². The van der Waals surface area contributed by atoms with Gasteiger partial charge >= 0.3 is 0 Å². The molecular formula is C24H24N2O4. The zero-order valence-electron chi connectivity index (χ0n) is 16.6. The second kappa shape index (κ2) is 8.26. The largest absolute Gasteiger partial charge is 0.497 e. The zero-order valence-corrected chi connectivity index (χ0v) is 16.6. The van der Waals surface area contributed by atoms with Crippen LogP contribution >= 0.6 is 0 Å². The highest BCUT2D eigenvalue weighted by Gasteiger charge is 2.56. The van der Waals surface area contributed by atoms with Gasteiger partial charge in [0.25, 0.3) is 6.04 Å². The Morgan fingerprint density at radius 3 is 2.13 bits per heavy atom. The first-order chi connectivity index (χ1) is 14.5. The highest BCUT2D eigenvalue weighted by atomic mass is 16.6. The van der Waals surface area contributed by atoms with E-state index in [1.54, 1.807) is 43.5 Å². The number of nitrogens with one attached hydrogen (secondary N) is 1. The minimum absolute atomic E-state index is 0.194. The van der Waals surface area contributed by atoms with E-state index in [4.69, 9.17) is 4.74 Å². The van der Waals surface area contributed by atoms with Gasteiger partial charge < -0.3 is 9.84 Å². The molecule has 0 spiro atoms. The van der Waals surface area contributed by atoms with E-state index in [1.807, 2.05) is 48.5 Å². The normalized spacial score (nSPS) is 26.1. The van der Waals surface area contributed by atoms with Crippen LogP contribution in [0.4, 0.5) is 0 Å². The quantitative estimate of drug-likeness (QED) is 0.496. The van der Waals surface area contributed by atoms with Crippen LogP contribution in [0.5, 0.6) is 5.75 Å². The number of piperidine rings is 1. The smallest absolute Gasteiger partial charge is 0.264 e. The van der Waals surface area contributed by atoms with E-state index >= 15 is 0 Å². The molecule has 30 heavy (non-hydrogen) atoms. The van der Waals surface area contributed by atoms with Crippen LogP contribution in [0.2, 0.25) is 0 Å². The Kier molecular flexibility index (Phi) is 5.53. The molecule has 0 amide bonds. The molecule has 0 aliphatic carbocycles. The second-order valence-corrected chi connectivity index (χ2v) is 7.61. The molecule has 2 N–H and O–H groups in total. The Morgan fingerprint density at radius 1 is 0.967 bits per heavy atom. The lowest BCUT2D eigenvalue weighted by atomic mass is 9.72. The second-order valence-electron chi connectivity index (χ2n) is 7.61. The third-order valence-corrected chi connectivity index (χ3v) is 5.88. The van der Waals surface area contributed by atoms with Crippen molar-refractivity contribution >= 4 is 0 Å². The van der Waals surface area contributed by atoms with Gasteiger partial charge in [0.1, 0.15) is 11.8 Å². The first kappa shape index (κ1) is 20.1. The minimum atomic E-state index is -1.64. The van der Waals surface area contributed by atoms with Crippen molar-refractivity contribution < 1.29 is 14.8 Å². The van der Waals surface area contributed by atoms with Crippen molar-refractivity contribution in [1.29, 1.82) is 0 Å². The van der Waals surface area contributed by atoms with Crippen LogP contribution in [-0.4, -0.2) is 23.2 Å². The third-order valence-electron chi connectivity index (χ3n) is 5.88. The first-order valence-corrected chi connectivity index (χ1v) is 9.89. The van der Waals surface area contributed by atoms with Crippen molar-refractivity contribution in [2.45, 2.75) is 30.1 Å². The molecule has 6 heteroatoms. The lowest BCUT2D eigenvalue weighted by Crippen LogP contribution is -2.58. The molecule has 0 radical (unpaired) electrons. The molecule has 1 aliphatic rings. The topological polar surface area (TPSA) is 84.6 Å². The molecule has 1 fully saturated rings. The molecule has 154 valence electrons. The van der Waals surface area contributed by atoms with Gasteiger partial charge in [-0.05, 0) is 28.8 Å². The van der Waals surface area contributed by atoms with Crippen molar-refractivity contribution in [3.05, 3.63) is 112 Å². The molecule has 4 rings (SSSR count). The maximum Gasteiger partial charge on any atom is 0.264 e. The number of methoxy groups -OCH3 is 1. The van der Waals surface area contributed by atoms with E-state index in [9.17, 15) is 15.2 Å². The van der Waals surface area contributed by atoms with Gasteiger partial charge in [0.05, 0.1) is 7.11 Å². The van der Waals surface area contributed by atoms with E-state index in [-0.39, 0.29) is 17.4 Å². The monoisotopic (exact) mass is 404 g/mol. The van der Waals surface area contributed by atoms with Crippen molar-refractivity contribution in [1.82, 2.24) is 5.32 Å². The number of hydrogen-bond donors (Lipinski definition) is 2. The van der Waals surface area contributed by atoms with Gasteiger partial charge in [0, 0.05) is 17.4 Å². The Bertz CT molecular complexity index is 995. The van der Waals surface area contributed by atoms with Crippen LogP contribution < -0.4 is 10.1 Å². The molecule has 1 aliphatic heterocycles. The van der Waals surface area contributed by atoms with Crippen LogP contribution in [0.25, 0.3) is 0 Å². The van der Waals surface area contributed by atoms with Gasteiger partial charge in [0.2, 0.25) is 0 Å². The summed E-state index contributed by atoms with van der Waals surface area (Å²) in [5.41, 5.74) is 0.619. The standard InChI is InChI=1S/C24H24N2O4/c1-30-20-14-12-18(13-15-20)22-23(26(28)29)24(27,19-10-6-3-7-11-19)16-21(25-22)17-8-4-2-5-9-17/h2-15,21-23,25,27H,16H2,1H3/t21-,22-,23-,24-/m1/s1.